The summed E-state index contributed by atoms with van der Waals surface area (Å²) in [5.41, 5.74) is -0.106. The van der Waals surface area contributed by atoms with Crippen molar-refractivity contribution in [2.45, 2.75) is 33.3 Å². The molecule has 0 spiro atoms. The molecule has 1 N–H and O–H groups in total. The lowest BCUT2D eigenvalue weighted by Crippen LogP contribution is -2.37. The van der Waals surface area contributed by atoms with Crippen LogP contribution in [0, 0.1) is 0 Å². The van der Waals surface area contributed by atoms with Gasteiger partial charge in [0.2, 0.25) is 0 Å². The number of rotatable bonds is 5. The second-order valence-corrected chi connectivity index (χ2v) is 7.51. The Hall–Kier alpha value is -2.48. The van der Waals surface area contributed by atoms with Gasteiger partial charge in [-0.2, -0.15) is 0 Å². The molecule has 140 valence electrons. The summed E-state index contributed by atoms with van der Waals surface area (Å²) < 4.78 is 10.4. The Bertz CT molecular complexity index is 765. The summed E-state index contributed by atoms with van der Waals surface area (Å²) in [4.78, 5) is 37.4. The van der Waals surface area contributed by atoms with E-state index in [1.807, 2.05) is 0 Å². The third-order valence-electron chi connectivity index (χ3n) is 3.16. The van der Waals surface area contributed by atoms with Crippen LogP contribution < -0.4 is 4.74 Å². The molecule has 0 saturated carbocycles. The molecule has 0 aromatic heterocycles. The second-order valence-electron chi connectivity index (χ2n) is 6.51. The summed E-state index contributed by atoms with van der Waals surface area (Å²) in [6, 6.07) is 4.61. The molecular formula is C18H21NO6S. The minimum atomic E-state index is -0.698. The van der Waals surface area contributed by atoms with Gasteiger partial charge in [-0.25, -0.2) is 0 Å². The number of carbonyl (C=O) groups excluding carboxylic acids is 3. The van der Waals surface area contributed by atoms with Gasteiger partial charge in [0, 0.05) is 0 Å². The Morgan fingerprint density at radius 3 is 2.62 bits per heavy atom. The lowest BCUT2D eigenvalue weighted by molar-refractivity contribution is -0.156. The van der Waals surface area contributed by atoms with Crippen LogP contribution in [0.3, 0.4) is 0 Å². The van der Waals surface area contributed by atoms with Gasteiger partial charge < -0.3 is 14.6 Å². The van der Waals surface area contributed by atoms with E-state index in [9.17, 15) is 19.5 Å². The molecule has 1 saturated heterocycles. The van der Waals surface area contributed by atoms with Crippen LogP contribution in [0.25, 0.3) is 6.08 Å². The number of hydrogen-bond acceptors (Lipinski definition) is 7. The van der Waals surface area contributed by atoms with Gasteiger partial charge >= 0.3 is 5.97 Å². The monoisotopic (exact) mass is 379 g/mol. The van der Waals surface area contributed by atoms with Gasteiger partial charge in [0.05, 0.1) is 11.5 Å². The first kappa shape index (κ1) is 19.8. The Balaban J connectivity index is 2.16. The summed E-state index contributed by atoms with van der Waals surface area (Å²) in [7, 11) is 0. The van der Waals surface area contributed by atoms with Crippen LogP contribution in [-0.2, 0) is 14.3 Å². The summed E-state index contributed by atoms with van der Waals surface area (Å²) in [5.74, 6) is -0.933. The van der Waals surface area contributed by atoms with Gasteiger partial charge in [0.15, 0.2) is 11.5 Å². The number of imide groups is 1. The van der Waals surface area contributed by atoms with Crippen LogP contribution in [0.5, 0.6) is 11.5 Å². The predicted octanol–water partition coefficient (Wildman–Crippen LogP) is 3.17. The van der Waals surface area contributed by atoms with Crippen LogP contribution in [0.1, 0.15) is 33.3 Å². The number of hydrogen-bond donors (Lipinski definition) is 1. The van der Waals surface area contributed by atoms with Crippen molar-refractivity contribution in [1.82, 2.24) is 4.90 Å². The fraction of sp³-hybridized carbons (Fsp3) is 0.389. The highest BCUT2D eigenvalue weighted by molar-refractivity contribution is 8.18. The van der Waals surface area contributed by atoms with Crippen LogP contribution >= 0.6 is 11.8 Å². The summed E-state index contributed by atoms with van der Waals surface area (Å²) in [5, 5.41) is 9.19. The smallest absolute Gasteiger partial charge is 0.326 e. The number of phenolic OH excluding ortho intramolecular Hbond substituents is 1. The molecule has 1 aromatic rings. The molecular weight excluding hydrogens is 358 g/mol. The molecule has 2 amide bonds. The molecule has 2 rings (SSSR count). The van der Waals surface area contributed by atoms with Crippen LogP contribution in [0.2, 0.25) is 0 Å². The van der Waals surface area contributed by atoms with E-state index >= 15 is 0 Å². The maximum Gasteiger partial charge on any atom is 0.326 e. The highest BCUT2D eigenvalue weighted by Crippen LogP contribution is 2.34. The van der Waals surface area contributed by atoms with Crippen molar-refractivity contribution in [3.05, 3.63) is 28.7 Å². The third-order valence-corrected chi connectivity index (χ3v) is 4.07. The quantitative estimate of drug-likeness (QED) is 0.620. The highest BCUT2D eigenvalue weighted by atomic mass is 32.2. The van der Waals surface area contributed by atoms with Crippen molar-refractivity contribution in [3.63, 3.8) is 0 Å². The van der Waals surface area contributed by atoms with E-state index in [1.165, 1.54) is 12.1 Å². The van der Waals surface area contributed by atoms with Gasteiger partial charge in [-0.1, -0.05) is 6.07 Å². The average molecular weight is 379 g/mol. The molecule has 8 heteroatoms. The minimum absolute atomic E-state index is 0.0120. The molecule has 0 aliphatic carbocycles. The number of esters is 1. The standard InChI is InChI=1S/C18H21NO6S/c1-5-24-13-8-11(6-7-12(13)20)9-14-16(22)19(17(23)26-14)10-15(21)25-18(2,3)4/h6-9,20H,5,10H2,1-4H3. The SMILES string of the molecule is CCOc1cc(C=C2SC(=O)N(CC(=O)OC(C)(C)C)C2=O)ccc1O. The fourth-order valence-corrected chi connectivity index (χ4v) is 3.02. The first-order chi connectivity index (χ1) is 12.1. The van der Waals surface area contributed by atoms with E-state index in [4.69, 9.17) is 9.47 Å². The van der Waals surface area contributed by atoms with Crippen molar-refractivity contribution in [2.75, 3.05) is 13.2 Å². The second kappa shape index (κ2) is 7.82. The fourth-order valence-electron chi connectivity index (χ4n) is 2.18. The summed E-state index contributed by atoms with van der Waals surface area (Å²) >= 11 is 0.747. The maximum absolute atomic E-state index is 12.4. The Morgan fingerprint density at radius 1 is 1.31 bits per heavy atom. The number of benzene rings is 1. The van der Waals surface area contributed by atoms with Crippen LogP contribution in [0.15, 0.2) is 23.1 Å². The lowest BCUT2D eigenvalue weighted by Gasteiger charge is -2.21. The molecule has 0 unspecified atom stereocenters. The Labute approximate surface area is 156 Å². The molecule has 26 heavy (non-hydrogen) atoms. The summed E-state index contributed by atoms with van der Waals surface area (Å²) in [6.45, 7) is 6.86. The molecule has 0 bridgehead atoms. The maximum atomic E-state index is 12.4. The predicted molar refractivity (Wildman–Crippen MR) is 97.8 cm³/mol. The number of aromatic hydroxyl groups is 1. The van der Waals surface area contributed by atoms with Crippen molar-refractivity contribution in [1.29, 1.82) is 0 Å². The van der Waals surface area contributed by atoms with Crippen molar-refractivity contribution in [2.24, 2.45) is 0 Å². The number of ether oxygens (including phenoxy) is 2. The Kier molecular flexibility index (Phi) is 5.97. The van der Waals surface area contributed by atoms with Crippen LogP contribution in [0.4, 0.5) is 4.79 Å². The molecule has 1 aliphatic rings. The van der Waals surface area contributed by atoms with Gasteiger partial charge in [-0.15, -0.1) is 0 Å². The third kappa shape index (κ3) is 5.01. The topological polar surface area (TPSA) is 93.1 Å². The van der Waals surface area contributed by atoms with Crippen molar-refractivity contribution in [3.8, 4) is 11.5 Å². The van der Waals surface area contributed by atoms with E-state index in [-0.39, 0.29) is 16.4 Å². The van der Waals surface area contributed by atoms with E-state index in [0.717, 1.165) is 16.7 Å². The summed E-state index contributed by atoms with van der Waals surface area (Å²) in [6.07, 6.45) is 1.52. The first-order valence-electron chi connectivity index (χ1n) is 8.03. The highest BCUT2D eigenvalue weighted by Gasteiger charge is 2.37. The average Bonchev–Trinajstić information content (AvgIpc) is 2.76. The zero-order valence-electron chi connectivity index (χ0n) is 15.1. The van der Waals surface area contributed by atoms with Crippen molar-refractivity contribution < 1.29 is 29.0 Å². The molecule has 1 fully saturated rings. The number of phenols is 1. The molecule has 0 radical (unpaired) electrons. The van der Waals surface area contributed by atoms with E-state index in [2.05, 4.69) is 0 Å². The van der Waals surface area contributed by atoms with Gasteiger partial charge in [-0.05, 0) is 63.2 Å². The minimum Gasteiger partial charge on any atom is -0.504 e. The zero-order valence-corrected chi connectivity index (χ0v) is 15.9. The Morgan fingerprint density at radius 2 is 2.00 bits per heavy atom. The number of amides is 2. The number of carbonyl (C=O) groups is 3. The molecule has 7 nitrogen and oxygen atoms in total. The largest absolute Gasteiger partial charge is 0.504 e. The first-order valence-corrected chi connectivity index (χ1v) is 8.85. The lowest BCUT2D eigenvalue weighted by atomic mass is 10.2. The van der Waals surface area contributed by atoms with Gasteiger partial charge in [0.1, 0.15) is 12.1 Å². The van der Waals surface area contributed by atoms with E-state index in [1.54, 1.807) is 39.8 Å². The normalized spacial score (nSPS) is 16.3. The number of thioether (sulfide) groups is 1. The van der Waals surface area contributed by atoms with Crippen molar-refractivity contribution >= 4 is 35.0 Å². The molecule has 1 heterocycles. The van der Waals surface area contributed by atoms with Crippen LogP contribution in [-0.4, -0.2) is 45.9 Å². The van der Waals surface area contributed by atoms with Gasteiger partial charge in [-0.3, -0.25) is 19.3 Å². The van der Waals surface area contributed by atoms with Gasteiger partial charge in [0.25, 0.3) is 11.1 Å². The molecule has 1 aromatic carbocycles. The molecule has 1 aliphatic heterocycles. The number of nitrogens with zero attached hydrogens (tertiary/aromatic N) is 1. The molecule has 0 atom stereocenters. The zero-order chi connectivity index (χ0) is 19.5. The van der Waals surface area contributed by atoms with E-state index < -0.39 is 29.3 Å². The van der Waals surface area contributed by atoms with E-state index in [0.29, 0.717) is 12.2 Å².